The number of rotatable bonds is 4. The average Bonchev–Trinajstić information content (AvgIpc) is 3.27. The molecule has 1 amide bonds. The molecule has 7 heteroatoms. The molecule has 1 saturated heterocycles. The van der Waals surface area contributed by atoms with Crippen LogP contribution in [-0.2, 0) is 11.2 Å². The van der Waals surface area contributed by atoms with E-state index < -0.39 is 0 Å². The van der Waals surface area contributed by atoms with Crippen molar-refractivity contribution in [3.8, 4) is 0 Å². The van der Waals surface area contributed by atoms with Gasteiger partial charge in [-0.2, -0.15) is 0 Å². The van der Waals surface area contributed by atoms with E-state index in [9.17, 15) is 4.79 Å². The normalized spacial score (nSPS) is 27.1. The molecule has 2 aliphatic rings. The first-order valence-electron chi connectivity index (χ1n) is 7.75. The smallest absolute Gasteiger partial charge is 0.256 e. The number of nitrogens with one attached hydrogen (secondary N) is 2. The van der Waals surface area contributed by atoms with E-state index in [4.69, 9.17) is 5.73 Å². The molecule has 1 fully saturated rings. The number of imidazole rings is 1. The topological polar surface area (TPSA) is 84.5 Å². The fourth-order valence-electron chi connectivity index (χ4n) is 3.42. The third-order valence-corrected chi connectivity index (χ3v) is 6.13. The summed E-state index contributed by atoms with van der Waals surface area (Å²) in [5.41, 5.74) is 7.62. The van der Waals surface area contributed by atoms with Crippen molar-refractivity contribution >= 4 is 23.3 Å². The first-order chi connectivity index (χ1) is 11.2. The van der Waals surface area contributed by atoms with Gasteiger partial charge in [-0.25, -0.2) is 4.98 Å². The van der Waals surface area contributed by atoms with Gasteiger partial charge in [0.1, 0.15) is 5.65 Å². The summed E-state index contributed by atoms with van der Waals surface area (Å²) in [6.07, 6.45) is 9.45. The lowest BCUT2D eigenvalue weighted by Gasteiger charge is -2.35. The van der Waals surface area contributed by atoms with Crippen molar-refractivity contribution in [3.63, 3.8) is 0 Å². The van der Waals surface area contributed by atoms with Gasteiger partial charge in [0.15, 0.2) is 0 Å². The summed E-state index contributed by atoms with van der Waals surface area (Å²) in [6.45, 7) is 1.96. The number of aromatic nitrogens is 2. The Labute approximate surface area is 138 Å². The van der Waals surface area contributed by atoms with Gasteiger partial charge in [-0.15, -0.1) is 0 Å². The summed E-state index contributed by atoms with van der Waals surface area (Å²) in [5.74, 6) is 0.0793. The number of carbonyl (C=O) groups excluding carboxylic acids is 1. The molecule has 4 rings (SSSR count). The fourth-order valence-corrected chi connectivity index (χ4v) is 4.75. The molecule has 2 unspecified atom stereocenters. The van der Waals surface area contributed by atoms with Crippen LogP contribution in [0.2, 0.25) is 0 Å². The summed E-state index contributed by atoms with van der Waals surface area (Å²) < 4.78 is 2.00. The van der Waals surface area contributed by atoms with Crippen LogP contribution in [0.1, 0.15) is 12.0 Å². The maximum absolute atomic E-state index is 11.6. The Morgan fingerprint density at radius 2 is 2.43 bits per heavy atom. The number of amides is 1. The van der Waals surface area contributed by atoms with Crippen molar-refractivity contribution in [3.05, 3.63) is 47.4 Å². The molecule has 0 bridgehead atoms. The van der Waals surface area contributed by atoms with Crippen molar-refractivity contribution in [1.29, 1.82) is 0 Å². The van der Waals surface area contributed by atoms with Gasteiger partial charge in [0, 0.05) is 43.7 Å². The highest BCUT2D eigenvalue weighted by molar-refractivity contribution is 8.05. The Morgan fingerprint density at radius 3 is 3.17 bits per heavy atom. The van der Waals surface area contributed by atoms with Gasteiger partial charge in [-0.05, 0) is 30.7 Å². The molecule has 0 aliphatic carbocycles. The highest BCUT2D eigenvalue weighted by Gasteiger charge is 2.45. The highest BCUT2D eigenvalue weighted by atomic mass is 32.2. The molecule has 2 aromatic rings. The van der Waals surface area contributed by atoms with Gasteiger partial charge in [0.05, 0.1) is 9.78 Å². The quantitative estimate of drug-likeness (QED) is 0.774. The lowest BCUT2D eigenvalue weighted by molar-refractivity contribution is -0.113. The van der Waals surface area contributed by atoms with Crippen LogP contribution >= 0.6 is 11.8 Å². The Bertz CT molecular complexity index is 780. The predicted octanol–water partition coefficient (Wildman–Crippen LogP) is 0.846. The van der Waals surface area contributed by atoms with Crippen LogP contribution in [0.4, 0.5) is 0 Å². The first kappa shape index (κ1) is 14.6. The summed E-state index contributed by atoms with van der Waals surface area (Å²) in [5, 5.41) is 6.89. The fraction of sp³-hybridized carbons (Fsp3) is 0.375. The minimum absolute atomic E-state index is 0.223. The van der Waals surface area contributed by atoms with E-state index in [0.717, 1.165) is 31.6 Å². The van der Waals surface area contributed by atoms with Gasteiger partial charge in [0.25, 0.3) is 5.91 Å². The number of carbonyl (C=O) groups is 1. The van der Waals surface area contributed by atoms with E-state index in [-0.39, 0.29) is 10.8 Å². The lowest BCUT2D eigenvalue weighted by atomic mass is 9.92. The van der Waals surface area contributed by atoms with Crippen LogP contribution in [0.5, 0.6) is 0 Å². The van der Waals surface area contributed by atoms with Gasteiger partial charge < -0.3 is 20.8 Å². The zero-order valence-electron chi connectivity index (χ0n) is 12.7. The zero-order chi connectivity index (χ0) is 15.9. The largest absolute Gasteiger partial charge is 0.375 e. The molecule has 0 radical (unpaired) electrons. The van der Waals surface area contributed by atoms with E-state index >= 15 is 0 Å². The maximum atomic E-state index is 11.6. The minimum atomic E-state index is -0.362. The van der Waals surface area contributed by atoms with Crippen LogP contribution in [0.15, 0.2) is 41.8 Å². The second kappa shape index (κ2) is 5.58. The van der Waals surface area contributed by atoms with Gasteiger partial charge in [0.2, 0.25) is 0 Å². The molecule has 4 N–H and O–H groups in total. The monoisotopic (exact) mass is 329 g/mol. The molecule has 0 saturated carbocycles. The number of nitrogens with zero attached hydrogens (tertiary/aromatic N) is 2. The van der Waals surface area contributed by atoms with E-state index in [1.54, 1.807) is 24.2 Å². The van der Waals surface area contributed by atoms with E-state index in [1.807, 2.05) is 16.8 Å². The van der Waals surface area contributed by atoms with Crippen LogP contribution in [0.3, 0.4) is 0 Å². The second-order valence-corrected chi connectivity index (χ2v) is 7.48. The van der Waals surface area contributed by atoms with Gasteiger partial charge in [-0.3, -0.25) is 4.79 Å². The molecule has 2 aromatic heterocycles. The first-order valence-corrected chi connectivity index (χ1v) is 8.57. The van der Waals surface area contributed by atoms with E-state index in [2.05, 4.69) is 27.8 Å². The molecule has 2 atom stereocenters. The maximum Gasteiger partial charge on any atom is 0.256 e. The third-order valence-electron chi connectivity index (χ3n) is 4.63. The summed E-state index contributed by atoms with van der Waals surface area (Å²) >= 11 is 1.57. The zero-order valence-corrected chi connectivity index (χ0v) is 13.5. The average molecular weight is 329 g/mol. The van der Waals surface area contributed by atoms with Crippen molar-refractivity contribution in [2.45, 2.75) is 17.7 Å². The molecular weight excluding hydrogens is 310 g/mol. The summed E-state index contributed by atoms with van der Waals surface area (Å²) in [4.78, 5) is 16.3. The third kappa shape index (κ3) is 2.60. The number of primary amides is 1. The standard InChI is InChI=1S/C16H19N5OS/c17-15(22)13-10-20-16(23-13,12-1-3-18-9-12)8-11-2-5-21-6-4-19-14(21)7-11/h2,4-7,10,12,18,20H,1,3,8-9H2,(H2,17,22). The number of fused-ring (bicyclic) bond motifs is 1. The van der Waals surface area contributed by atoms with Gasteiger partial charge >= 0.3 is 0 Å². The molecule has 2 aliphatic heterocycles. The minimum Gasteiger partial charge on any atom is -0.375 e. The number of nitrogens with two attached hydrogens (primary N) is 1. The highest BCUT2D eigenvalue weighted by Crippen LogP contribution is 2.44. The van der Waals surface area contributed by atoms with Crippen LogP contribution in [-0.4, -0.2) is 33.3 Å². The molecule has 6 nitrogen and oxygen atoms in total. The van der Waals surface area contributed by atoms with Crippen molar-refractivity contribution in [2.24, 2.45) is 11.7 Å². The van der Waals surface area contributed by atoms with Crippen molar-refractivity contribution < 1.29 is 4.79 Å². The molecule has 4 heterocycles. The molecular formula is C16H19N5OS. The number of hydrogen-bond acceptors (Lipinski definition) is 5. The number of thioether (sulfide) groups is 1. The van der Waals surface area contributed by atoms with Crippen LogP contribution < -0.4 is 16.4 Å². The summed E-state index contributed by atoms with van der Waals surface area (Å²) in [7, 11) is 0. The Kier molecular flexibility index (Phi) is 3.54. The Morgan fingerprint density at radius 1 is 1.52 bits per heavy atom. The number of hydrogen-bond donors (Lipinski definition) is 3. The lowest BCUT2D eigenvalue weighted by Crippen LogP contribution is -2.46. The SMILES string of the molecule is NC(=O)C1=CNC(Cc2ccn3ccnc3c2)(C2CCNC2)S1. The predicted molar refractivity (Wildman–Crippen MR) is 90.6 cm³/mol. The van der Waals surface area contributed by atoms with Crippen LogP contribution in [0.25, 0.3) is 5.65 Å². The Hall–Kier alpha value is -1.99. The molecule has 23 heavy (non-hydrogen) atoms. The number of pyridine rings is 1. The second-order valence-electron chi connectivity index (χ2n) is 6.10. The van der Waals surface area contributed by atoms with E-state index in [1.165, 1.54) is 5.56 Å². The molecule has 0 aromatic carbocycles. The van der Waals surface area contributed by atoms with E-state index in [0.29, 0.717) is 10.8 Å². The van der Waals surface area contributed by atoms with Crippen LogP contribution in [0, 0.1) is 5.92 Å². The summed E-state index contributed by atoms with van der Waals surface area (Å²) in [6, 6.07) is 4.22. The Balaban J connectivity index is 1.64. The van der Waals surface area contributed by atoms with Crippen molar-refractivity contribution in [1.82, 2.24) is 20.0 Å². The van der Waals surface area contributed by atoms with Gasteiger partial charge in [-0.1, -0.05) is 11.8 Å². The van der Waals surface area contributed by atoms with Crippen molar-refractivity contribution in [2.75, 3.05) is 13.1 Å². The molecule has 0 spiro atoms. The molecule has 120 valence electrons.